The quantitative estimate of drug-likeness (QED) is 0.565. The number of allylic oxidation sites excluding steroid dienone is 1. The summed E-state index contributed by atoms with van der Waals surface area (Å²) in [5, 5.41) is 0. The molecule has 134 valence electrons. The summed E-state index contributed by atoms with van der Waals surface area (Å²) >= 11 is 0. The molecule has 4 aliphatic rings. The summed E-state index contributed by atoms with van der Waals surface area (Å²) in [7, 11) is 0. The van der Waals surface area contributed by atoms with Crippen LogP contribution in [-0.4, -0.2) is 36.6 Å². The van der Waals surface area contributed by atoms with Crippen LogP contribution < -0.4 is 0 Å². The third-order valence-corrected chi connectivity index (χ3v) is 7.52. The van der Waals surface area contributed by atoms with Gasteiger partial charge in [0.15, 0.2) is 0 Å². The minimum atomic E-state index is 0.0797. The molecule has 4 fully saturated rings. The zero-order valence-electron chi connectivity index (χ0n) is 15.4. The first-order valence-corrected chi connectivity index (χ1v) is 10.1. The molecule has 2 saturated heterocycles. The molecule has 0 aromatic rings. The summed E-state index contributed by atoms with van der Waals surface area (Å²) < 4.78 is 5.90. The van der Waals surface area contributed by atoms with Crippen molar-refractivity contribution in [3.05, 3.63) is 12.2 Å². The van der Waals surface area contributed by atoms with E-state index in [1.807, 2.05) is 0 Å². The summed E-state index contributed by atoms with van der Waals surface area (Å²) in [6.45, 7) is 12.4. The Hall–Kier alpha value is -0.830. The molecular formula is C21H33NO2. The molecule has 0 amide bonds. The van der Waals surface area contributed by atoms with E-state index in [9.17, 15) is 4.79 Å². The molecule has 3 nitrogen and oxygen atoms in total. The molecule has 2 unspecified atom stereocenters. The molecule has 0 N–H and O–H groups in total. The monoisotopic (exact) mass is 331 g/mol. The molecule has 0 spiro atoms. The van der Waals surface area contributed by atoms with E-state index in [-0.39, 0.29) is 18.0 Å². The number of ether oxygens (including phenoxy) is 1. The van der Waals surface area contributed by atoms with Crippen molar-refractivity contribution in [1.82, 2.24) is 4.90 Å². The van der Waals surface area contributed by atoms with Crippen LogP contribution in [0.3, 0.4) is 0 Å². The molecule has 4 rings (SSSR count). The van der Waals surface area contributed by atoms with E-state index in [1.165, 1.54) is 37.7 Å². The van der Waals surface area contributed by atoms with E-state index >= 15 is 0 Å². The Morgan fingerprint density at radius 2 is 2.21 bits per heavy atom. The Kier molecular flexibility index (Phi) is 4.27. The maximum Gasteiger partial charge on any atom is 0.310 e. The van der Waals surface area contributed by atoms with Gasteiger partial charge in [-0.15, -0.1) is 0 Å². The SMILES string of the molecule is C=C1CCC[C@]2(C)C[C@H]3OC(=O)C(CN4CCCC(C)C4)[C@H]3C[C@@H]12. The molecule has 0 radical (unpaired) electrons. The molecule has 24 heavy (non-hydrogen) atoms. The van der Waals surface area contributed by atoms with Crippen molar-refractivity contribution in [1.29, 1.82) is 0 Å². The predicted molar refractivity (Wildman–Crippen MR) is 95.5 cm³/mol. The summed E-state index contributed by atoms with van der Waals surface area (Å²) in [6.07, 6.45) is 8.65. The van der Waals surface area contributed by atoms with Crippen LogP contribution in [0.25, 0.3) is 0 Å². The van der Waals surface area contributed by atoms with E-state index in [1.54, 1.807) is 0 Å². The van der Waals surface area contributed by atoms with Gasteiger partial charge < -0.3 is 9.64 Å². The van der Waals surface area contributed by atoms with Crippen LogP contribution in [0.4, 0.5) is 0 Å². The largest absolute Gasteiger partial charge is 0.462 e. The Morgan fingerprint density at radius 3 is 3.00 bits per heavy atom. The van der Waals surface area contributed by atoms with Gasteiger partial charge >= 0.3 is 5.97 Å². The molecule has 6 atom stereocenters. The highest BCUT2D eigenvalue weighted by Gasteiger charge is 2.55. The number of nitrogens with zero attached hydrogens (tertiary/aromatic N) is 1. The molecule has 0 aromatic carbocycles. The number of hydrogen-bond acceptors (Lipinski definition) is 3. The van der Waals surface area contributed by atoms with Crippen LogP contribution in [0.1, 0.15) is 58.8 Å². The van der Waals surface area contributed by atoms with E-state index in [2.05, 4.69) is 25.3 Å². The fourth-order valence-electron chi connectivity index (χ4n) is 6.20. The lowest BCUT2D eigenvalue weighted by Gasteiger charge is -2.50. The molecule has 0 bridgehead atoms. The second kappa shape index (κ2) is 6.16. The van der Waals surface area contributed by atoms with Gasteiger partial charge in [-0.1, -0.05) is 26.0 Å². The number of rotatable bonds is 2. The Balaban J connectivity index is 1.49. The summed E-state index contributed by atoms with van der Waals surface area (Å²) in [5.74, 6) is 1.96. The van der Waals surface area contributed by atoms with Gasteiger partial charge in [0.05, 0.1) is 5.92 Å². The maximum atomic E-state index is 12.6. The van der Waals surface area contributed by atoms with Crippen molar-refractivity contribution < 1.29 is 9.53 Å². The van der Waals surface area contributed by atoms with E-state index in [4.69, 9.17) is 4.74 Å². The minimum Gasteiger partial charge on any atom is -0.462 e. The van der Waals surface area contributed by atoms with Gasteiger partial charge in [-0.2, -0.15) is 0 Å². The number of fused-ring (bicyclic) bond motifs is 2. The molecule has 2 aliphatic carbocycles. The fourth-order valence-corrected chi connectivity index (χ4v) is 6.20. The van der Waals surface area contributed by atoms with Gasteiger partial charge in [0, 0.05) is 19.0 Å². The van der Waals surface area contributed by atoms with E-state index in [0.717, 1.165) is 38.4 Å². The number of carbonyl (C=O) groups is 1. The third-order valence-electron chi connectivity index (χ3n) is 7.52. The van der Waals surface area contributed by atoms with Gasteiger partial charge in [0.25, 0.3) is 0 Å². The zero-order chi connectivity index (χ0) is 16.9. The highest BCUT2D eigenvalue weighted by molar-refractivity contribution is 5.75. The molecule has 0 aromatic heterocycles. The van der Waals surface area contributed by atoms with Crippen LogP contribution in [-0.2, 0) is 9.53 Å². The predicted octanol–water partition coefficient (Wildman–Crippen LogP) is 4.03. The summed E-state index contributed by atoms with van der Waals surface area (Å²) in [5.41, 5.74) is 1.75. The van der Waals surface area contributed by atoms with Crippen molar-refractivity contribution in [2.24, 2.45) is 29.1 Å². The second-order valence-corrected chi connectivity index (χ2v) is 9.41. The number of carbonyl (C=O) groups excluding carboxylic acids is 1. The molecule has 3 heteroatoms. The van der Waals surface area contributed by atoms with Gasteiger partial charge in [-0.05, 0) is 68.7 Å². The van der Waals surface area contributed by atoms with E-state index in [0.29, 0.717) is 17.3 Å². The van der Waals surface area contributed by atoms with Gasteiger partial charge in [-0.3, -0.25) is 4.79 Å². The Labute approximate surface area is 146 Å². The van der Waals surface area contributed by atoms with E-state index < -0.39 is 0 Å². The standard InChI is InChI=1S/C21H33NO2/c1-14-6-5-9-22(12-14)13-17-16-10-18-15(2)7-4-8-21(18,3)11-19(16)24-20(17)23/h14,16-19H,2,4-13H2,1,3H3/t14?,16-,17?,18+,19-,21-/m1/s1. The molecule has 2 heterocycles. The number of piperidine rings is 1. The number of esters is 1. The fraction of sp³-hybridized carbons (Fsp3) is 0.857. The summed E-state index contributed by atoms with van der Waals surface area (Å²) in [6, 6.07) is 0. The molecular weight excluding hydrogens is 298 g/mol. The van der Waals surface area contributed by atoms with Gasteiger partial charge in [-0.25, -0.2) is 0 Å². The smallest absolute Gasteiger partial charge is 0.310 e. The van der Waals surface area contributed by atoms with Crippen molar-refractivity contribution >= 4 is 5.97 Å². The van der Waals surface area contributed by atoms with Crippen LogP contribution >= 0.6 is 0 Å². The highest BCUT2D eigenvalue weighted by atomic mass is 16.6. The minimum absolute atomic E-state index is 0.0797. The van der Waals surface area contributed by atoms with Crippen molar-refractivity contribution in [2.75, 3.05) is 19.6 Å². The highest BCUT2D eigenvalue weighted by Crippen LogP contribution is 2.56. The van der Waals surface area contributed by atoms with Crippen molar-refractivity contribution in [3.8, 4) is 0 Å². The van der Waals surface area contributed by atoms with Crippen LogP contribution in [0.2, 0.25) is 0 Å². The lowest BCUT2D eigenvalue weighted by Crippen LogP contribution is -2.46. The Bertz CT molecular complexity index is 530. The normalized spacial score (nSPS) is 46.3. The number of likely N-dealkylation sites (tertiary alicyclic amines) is 1. The zero-order valence-corrected chi connectivity index (χ0v) is 15.4. The Morgan fingerprint density at radius 1 is 1.38 bits per heavy atom. The average molecular weight is 332 g/mol. The first-order chi connectivity index (χ1) is 11.5. The molecule has 2 saturated carbocycles. The first kappa shape index (κ1) is 16.6. The third kappa shape index (κ3) is 2.83. The lowest BCUT2D eigenvalue weighted by atomic mass is 9.55. The van der Waals surface area contributed by atoms with Gasteiger partial charge in [0.2, 0.25) is 0 Å². The van der Waals surface area contributed by atoms with Crippen LogP contribution in [0.15, 0.2) is 12.2 Å². The topological polar surface area (TPSA) is 29.5 Å². The van der Waals surface area contributed by atoms with Crippen molar-refractivity contribution in [3.63, 3.8) is 0 Å². The maximum absolute atomic E-state index is 12.6. The number of hydrogen-bond donors (Lipinski definition) is 0. The first-order valence-electron chi connectivity index (χ1n) is 10.1. The summed E-state index contributed by atoms with van der Waals surface area (Å²) in [4.78, 5) is 15.1. The average Bonchev–Trinajstić information content (AvgIpc) is 2.80. The van der Waals surface area contributed by atoms with Crippen molar-refractivity contribution in [2.45, 2.75) is 64.9 Å². The van der Waals surface area contributed by atoms with Crippen LogP contribution in [0.5, 0.6) is 0 Å². The second-order valence-electron chi connectivity index (χ2n) is 9.41. The lowest BCUT2D eigenvalue weighted by molar-refractivity contribution is -0.146. The molecule has 2 aliphatic heterocycles. The van der Waals surface area contributed by atoms with Crippen LogP contribution in [0, 0.1) is 29.1 Å². The van der Waals surface area contributed by atoms with Gasteiger partial charge in [0.1, 0.15) is 6.10 Å².